The predicted molar refractivity (Wildman–Crippen MR) is 78.1 cm³/mol. The van der Waals surface area contributed by atoms with Crippen molar-refractivity contribution in [3.63, 3.8) is 0 Å². The summed E-state index contributed by atoms with van der Waals surface area (Å²) in [6.07, 6.45) is 0.908. The summed E-state index contributed by atoms with van der Waals surface area (Å²) in [6.45, 7) is 7.05. The zero-order valence-electron chi connectivity index (χ0n) is 11.6. The maximum Gasteiger partial charge on any atom is 0.230 e. The van der Waals surface area contributed by atoms with E-state index in [-0.39, 0.29) is 11.3 Å². The van der Waals surface area contributed by atoms with Crippen molar-refractivity contribution in [2.24, 2.45) is 5.41 Å². The van der Waals surface area contributed by atoms with Gasteiger partial charge in [-0.05, 0) is 38.4 Å². The van der Waals surface area contributed by atoms with E-state index in [1.165, 1.54) is 0 Å². The van der Waals surface area contributed by atoms with Crippen LogP contribution in [0.25, 0.3) is 0 Å². The second-order valence-electron chi connectivity index (χ2n) is 5.40. The van der Waals surface area contributed by atoms with Gasteiger partial charge in [-0.15, -0.1) is 0 Å². The summed E-state index contributed by atoms with van der Waals surface area (Å²) < 4.78 is 0. The average molecular weight is 281 g/mol. The fourth-order valence-electron chi connectivity index (χ4n) is 2.54. The van der Waals surface area contributed by atoms with Gasteiger partial charge in [0.1, 0.15) is 0 Å². The van der Waals surface area contributed by atoms with E-state index in [2.05, 4.69) is 5.32 Å². The second kappa shape index (κ2) is 5.93. The van der Waals surface area contributed by atoms with Crippen molar-refractivity contribution in [1.82, 2.24) is 10.2 Å². The van der Waals surface area contributed by atoms with E-state index in [1.807, 2.05) is 43.0 Å². The van der Waals surface area contributed by atoms with Crippen LogP contribution in [-0.4, -0.2) is 30.4 Å². The lowest BCUT2D eigenvalue weighted by Crippen LogP contribution is -2.43. The van der Waals surface area contributed by atoms with Gasteiger partial charge < -0.3 is 10.2 Å². The Morgan fingerprint density at radius 1 is 1.47 bits per heavy atom. The number of halogens is 1. The van der Waals surface area contributed by atoms with Crippen LogP contribution in [0.1, 0.15) is 25.8 Å². The molecule has 1 N–H and O–H groups in total. The third-order valence-corrected chi connectivity index (χ3v) is 4.24. The molecule has 0 aliphatic carbocycles. The molecule has 1 amide bonds. The number of benzene rings is 1. The van der Waals surface area contributed by atoms with Gasteiger partial charge in [0.2, 0.25) is 5.91 Å². The molecule has 0 saturated carbocycles. The molecule has 0 radical (unpaired) electrons. The van der Waals surface area contributed by atoms with Crippen LogP contribution in [-0.2, 0) is 11.3 Å². The van der Waals surface area contributed by atoms with E-state index in [4.69, 9.17) is 11.6 Å². The topological polar surface area (TPSA) is 32.3 Å². The van der Waals surface area contributed by atoms with Gasteiger partial charge in [-0.1, -0.05) is 29.8 Å². The molecule has 1 atom stereocenters. The molecule has 4 heteroatoms. The molecule has 3 nitrogen and oxygen atoms in total. The van der Waals surface area contributed by atoms with Gasteiger partial charge in [0, 0.05) is 24.7 Å². The molecule has 1 aliphatic rings. The molecule has 0 aromatic heterocycles. The van der Waals surface area contributed by atoms with Crippen LogP contribution in [0.3, 0.4) is 0 Å². The molecule has 19 heavy (non-hydrogen) atoms. The normalized spacial score (nSPS) is 22.5. The van der Waals surface area contributed by atoms with Crippen molar-refractivity contribution in [1.29, 1.82) is 0 Å². The summed E-state index contributed by atoms with van der Waals surface area (Å²) >= 11 is 6.17. The smallest absolute Gasteiger partial charge is 0.230 e. The highest BCUT2D eigenvalue weighted by atomic mass is 35.5. The van der Waals surface area contributed by atoms with Gasteiger partial charge in [0.25, 0.3) is 0 Å². The highest BCUT2D eigenvalue weighted by Gasteiger charge is 2.38. The summed E-state index contributed by atoms with van der Waals surface area (Å²) in [5.41, 5.74) is 0.742. The Kier molecular flexibility index (Phi) is 4.48. The van der Waals surface area contributed by atoms with E-state index >= 15 is 0 Å². The van der Waals surface area contributed by atoms with Gasteiger partial charge >= 0.3 is 0 Å². The highest BCUT2D eigenvalue weighted by molar-refractivity contribution is 6.31. The minimum Gasteiger partial charge on any atom is -0.338 e. The number of nitrogens with zero attached hydrogens (tertiary/aromatic N) is 1. The SMILES string of the molecule is CCN(Cc1ccccc1Cl)C(=O)C1(C)CCNC1. The first-order valence-corrected chi connectivity index (χ1v) is 7.18. The van der Waals surface area contributed by atoms with Crippen molar-refractivity contribution in [3.05, 3.63) is 34.9 Å². The number of rotatable bonds is 4. The van der Waals surface area contributed by atoms with E-state index in [0.29, 0.717) is 13.1 Å². The third-order valence-electron chi connectivity index (χ3n) is 3.87. The summed E-state index contributed by atoms with van der Waals surface area (Å²) in [4.78, 5) is 14.6. The van der Waals surface area contributed by atoms with Crippen LogP contribution in [0.4, 0.5) is 0 Å². The van der Waals surface area contributed by atoms with Crippen LogP contribution in [0.15, 0.2) is 24.3 Å². The summed E-state index contributed by atoms with van der Waals surface area (Å²) in [6, 6.07) is 7.71. The van der Waals surface area contributed by atoms with Crippen LogP contribution < -0.4 is 5.32 Å². The van der Waals surface area contributed by atoms with Crippen molar-refractivity contribution in [3.8, 4) is 0 Å². The van der Waals surface area contributed by atoms with Crippen LogP contribution in [0.2, 0.25) is 5.02 Å². The van der Waals surface area contributed by atoms with E-state index in [1.54, 1.807) is 0 Å². The second-order valence-corrected chi connectivity index (χ2v) is 5.81. The number of nitrogens with one attached hydrogen (secondary N) is 1. The number of hydrogen-bond acceptors (Lipinski definition) is 2. The van der Waals surface area contributed by atoms with Gasteiger partial charge in [0.05, 0.1) is 5.41 Å². The van der Waals surface area contributed by atoms with Crippen molar-refractivity contribution in [2.75, 3.05) is 19.6 Å². The Bertz CT molecular complexity index is 455. The Morgan fingerprint density at radius 2 is 2.21 bits per heavy atom. The summed E-state index contributed by atoms with van der Waals surface area (Å²) in [7, 11) is 0. The van der Waals surface area contributed by atoms with Crippen LogP contribution in [0, 0.1) is 5.41 Å². The fourth-order valence-corrected chi connectivity index (χ4v) is 2.74. The fraction of sp³-hybridized carbons (Fsp3) is 0.533. The van der Waals surface area contributed by atoms with Crippen molar-refractivity contribution in [2.45, 2.75) is 26.8 Å². The number of carbonyl (C=O) groups excluding carboxylic acids is 1. The molecule has 1 aromatic carbocycles. The first kappa shape index (κ1) is 14.4. The molecule has 1 heterocycles. The van der Waals surface area contributed by atoms with E-state index < -0.39 is 0 Å². The Hall–Kier alpha value is -1.06. The minimum atomic E-state index is -0.267. The molecular formula is C15H21ClN2O. The molecule has 104 valence electrons. The quantitative estimate of drug-likeness (QED) is 0.920. The molecule has 1 unspecified atom stereocenters. The zero-order chi connectivity index (χ0) is 13.9. The lowest BCUT2D eigenvalue weighted by Gasteiger charge is -2.30. The van der Waals surface area contributed by atoms with Gasteiger partial charge in [-0.25, -0.2) is 0 Å². The molecule has 1 aliphatic heterocycles. The largest absolute Gasteiger partial charge is 0.338 e. The Morgan fingerprint density at radius 3 is 2.79 bits per heavy atom. The number of hydrogen-bond donors (Lipinski definition) is 1. The van der Waals surface area contributed by atoms with E-state index in [9.17, 15) is 4.79 Å². The minimum absolute atomic E-state index is 0.222. The third kappa shape index (κ3) is 3.10. The summed E-state index contributed by atoms with van der Waals surface area (Å²) in [5.74, 6) is 0.222. The Labute approximate surface area is 119 Å². The average Bonchev–Trinajstić information content (AvgIpc) is 2.85. The molecule has 0 spiro atoms. The molecule has 1 aromatic rings. The lowest BCUT2D eigenvalue weighted by atomic mass is 9.88. The van der Waals surface area contributed by atoms with Gasteiger partial charge in [-0.3, -0.25) is 4.79 Å². The predicted octanol–water partition coefficient (Wildman–Crippen LogP) is 2.69. The number of amides is 1. The van der Waals surface area contributed by atoms with Crippen molar-refractivity contribution >= 4 is 17.5 Å². The number of carbonyl (C=O) groups is 1. The molecule has 1 saturated heterocycles. The zero-order valence-corrected chi connectivity index (χ0v) is 12.3. The lowest BCUT2D eigenvalue weighted by molar-refractivity contribution is -0.140. The first-order chi connectivity index (χ1) is 9.07. The summed E-state index contributed by atoms with van der Waals surface area (Å²) in [5, 5.41) is 4.00. The Balaban J connectivity index is 2.12. The van der Waals surface area contributed by atoms with Crippen molar-refractivity contribution < 1.29 is 4.79 Å². The molecule has 0 bridgehead atoms. The molecule has 2 rings (SSSR count). The molecule has 1 fully saturated rings. The highest BCUT2D eigenvalue weighted by Crippen LogP contribution is 2.28. The van der Waals surface area contributed by atoms with Gasteiger partial charge in [-0.2, -0.15) is 0 Å². The van der Waals surface area contributed by atoms with E-state index in [0.717, 1.165) is 30.1 Å². The van der Waals surface area contributed by atoms with Crippen LogP contribution >= 0.6 is 11.6 Å². The first-order valence-electron chi connectivity index (χ1n) is 6.80. The maximum atomic E-state index is 12.7. The van der Waals surface area contributed by atoms with Gasteiger partial charge in [0.15, 0.2) is 0 Å². The maximum absolute atomic E-state index is 12.7. The molecular weight excluding hydrogens is 260 g/mol. The monoisotopic (exact) mass is 280 g/mol. The standard InChI is InChI=1S/C15H21ClN2O/c1-3-18(10-12-6-4-5-7-13(12)16)14(19)15(2)8-9-17-11-15/h4-7,17H,3,8-11H2,1-2H3. The van der Waals surface area contributed by atoms with Crippen LogP contribution in [0.5, 0.6) is 0 Å².